The number of amides is 1. The Hall–Kier alpha value is -2.87. The maximum absolute atomic E-state index is 12.8. The second-order valence-corrected chi connectivity index (χ2v) is 8.94. The Morgan fingerprint density at radius 3 is 2.48 bits per heavy atom. The summed E-state index contributed by atoms with van der Waals surface area (Å²) in [4.78, 5) is 24.4. The second-order valence-electron chi connectivity index (χ2n) is 7.29. The first-order chi connectivity index (χ1) is 13.7. The van der Waals surface area contributed by atoms with Crippen LogP contribution in [0.3, 0.4) is 0 Å². The second kappa shape index (κ2) is 8.24. The van der Waals surface area contributed by atoms with Gasteiger partial charge in [0.25, 0.3) is 15.9 Å². The molecule has 1 fully saturated rings. The molecule has 1 atom stereocenters. The predicted molar refractivity (Wildman–Crippen MR) is 109 cm³/mol. The molecular formula is C21H24N2O5S. The van der Waals surface area contributed by atoms with Crippen LogP contribution in [-0.4, -0.2) is 32.4 Å². The molecule has 0 radical (unpaired) electrons. The van der Waals surface area contributed by atoms with Crippen molar-refractivity contribution >= 4 is 27.6 Å². The molecule has 154 valence electrons. The quantitative estimate of drug-likeness (QED) is 0.676. The summed E-state index contributed by atoms with van der Waals surface area (Å²) in [6.07, 6.45) is 0.897. The summed E-state index contributed by atoms with van der Waals surface area (Å²) in [5.41, 5.74) is 1.90. The molecule has 0 bridgehead atoms. The van der Waals surface area contributed by atoms with Crippen LogP contribution in [0.1, 0.15) is 41.3 Å². The number of hydrogen-bond donors (Lipinski definition) is 2. The monoisotopic (exact) mass is 416 g/mol. The van der Waals surface area contributed by atoms with Gasteiger partial charge in [0.2, 0.25) is 0 Å². The van der Waals surface area contributed by atoms with Crippen LogP contribution in [0.25, 0.3) is 0 Å². The summed E-state index contributed by atoms with van der Waals surface area (Å²) in [7, 11) is -3.91. The van der Waals surface area contributed by atoms with E-state index >= 15 is 0 Å². The fraction of sp³-hybridized carbons (Fsp3) is 0.333. The van der Waals surface area contributed by atoms with E-state index in [-0.39, 0.29) is 22.4 Å². The average molecular weight is 416 g/mol. The zero-order chi connectivity index (χ0) is 21.2. The van der Waals surface area contributed by atoms with Gasteiger partial charge in [0, 0.05) is 11.7 Å². The van der Waals surface area contributed by atoms with E-state index in [9.17, 15) is 18.0 Å². The fourth-order valence-electron chi connectivity index (χ4n) is 2.76. The van der Waals surface area contributed by atoms with Crippen molar-refractivity contribution in [3.05, 3.63) is 59.2 Å². The summed E-state index contributed by atoms with van der Waals surface area (Å²) in [5, 5.41) is 2.76. The molecule has 0 saturated heterocycles. The lowest BCUT2D eigenvalue weighted by Gasteiger charge is -2.15. The van der Waals surface area contributed by atoms with Crippen LogP contribution in [0.4, 0.5) is 5.69 Å². The Morgan fingerprint density at radius 1 is 1.10 bits per heavy atom. The van der Waals surface area contributed by atoms with Crippen molar-refractivity contribution in [3.63, 3.8) is 0 Å². The minimum Gasteiger partial charge on any atom is -0.449 e. The lowest BCUT2D eigenvalue weighted by atomic mass is 10.1. The molecule has 1 aliphatic carbocycles. The third-order valence-electron chi connectivity index (χ3n) is 4.56. The maximum atomic E-state index is 12.8. The number of carbonyl (C=O) groups is 2. The van der Waals surface area contributed by atoms with Gasteiger partial charge in [0.1, 0.15) is 0 Å². The minimum absolute atomic E-state index is 0.0245. The number of ether oxygens (including phenoxy) is 1. The van der Waals surface area contributed by atoms with E-state index in [0.29, 0.717) is 11.3 Å². The molecule has 0 spiro atoms. The summed E-state index contributed by atoms with van der Waals surface area (Å²) < 4.78 is 33.4. The standard InChI is InChI=1S/C21H24N2O5S/c1-13-5-4-6-18(11-13)23-29(26,27)19-12-16(8-7-14(19)2)21(25)28-15(3)20(24)22-17-9-10-17/h4-8,11-12,15,17,23H,9-10H2,1-3H3,(H,22,24)/t15-/m0/s1. The van der Waals surface area contributed by atoms with Crippen molar-refractivity contribution in [1.29, 1.82) is 0 Å². The van der Waals surface area contributed by atoms with Crippen LogP contribution in [0.5, 0.6) is 0 Å². The van der Waals surface area contributed by atoms with Gasteiger partial charge in [0.15, 0.2) is 6.10 Å². The van der Waals surface area contributed by atoms with E-state index in [2.05, 4.69) is 10.0 Å². The highest BCUT2D eigenvalue weighted by molar-refractivity contribution is 7.92. The van der Waals surface area contributed by atoms with Gasteiger partial charge in [-0.1, -0.05) is 18.2 Å². The Kier molecular flexibility index (Phi) is 5.93. The Bertz CT molecular complexity index is 1040. The minimum atomic E-state index is -3.91. The number of benzene rings is 2. The Labute approximate surface area is 170 Å². The highest BCUT2D eigenvalue weighted by Gasteiger charge is 2.28. The van der Waals surface area contributed by atoms with Gasteiger partial charge < -0.3 is 10.1 Å². The van der Waals surface area contributed by atoms with Gasteiger partial charge in [0.05, 0.1) is 10.5 Å². The van der Waals surface area contributed by atoms with Crippen LogP contribution in [-0.2, 0) is 19.6 Å². The zero-order valence-electron chi connectivity index (χ0n) is 16.6. The molecule has 2 N–H and O–H groups in total. The largest absolute Gasteiger partial charge is 0.449 e. The van der Waals surface area contributed by atoms with Gasteiger partial charge in [-0.3, -0.25) is 9.52 Å². The van der Waals surface area contributed by atoms with Gasteiger partial charge >= 0.3 is 5.97 Å². The third-order valence-corrected chi connectivity index (χ3v) is 6.08. The number of aryl methyl sites for hydroxylation is 2. The van der Waals surface area contributed by atoms with Crippen LogP contribution in [0, 0.1) is 13.8 Å². The van der Waals surface area contributed by atoms with E-state index in [1.165, 1.54) is 25.1 Å². The first-order valence-electron chi connectivity index (χ1n) is 9.37. The molecule has 8 heteroatoms. The summed E-state index contributed by atoms with van der Waals surface area (Å²) in [6, 6.07) is 11.4. The Morgan fingerprint density at radius 2 is 1.83 bits per heavy atom. The topological polar surface area (TPSA) is 102 Å². The third kappa shape index (κ3) is 5.35. The lowest BCUT2D eigenvalue weighted by molar-refractivity contribution is -0.129. The van der Waals surface area contributed by atoms with Crippen LogP contribution in [0.2, 0.25) is 0 Å². The Balaban J connectivity index is 1.77. The summed E-state index contributed by atoms with van der Waals surface area (Å²) in [6.45, 7) is 4.99. The van der Waals surface area contributed by atoms with E-state index in [0.717, 1.165) is 18.4 Å². The molecule has 2 aromatic rings. The maximum Gasteiger partial charge on any atom is 0.338 e. The van der Waals surface area contributed by atoms with Crippen LogP contribution >= 0.6 is 0 Å². The molecule has 3 rings (SSSR count). The fourth-order valence-corrected chi connectivity index (χ4v) is 4.08. The average Bonchev–Trinajstić information content (AvgIpc) is 3.45. The van der Waals surface area contributed by atoms with E-state index in [4.69, 9.17) is 4.74 Å². The van der Waals surface area contributed by atoms with Crippen molar-refractivity contribution in [2.75, 3.05) is 4.72 Å². The number of hydrogen-bond acceptors (Lipinski definition) is 5. The first-order valence-corrected chi connectivity index (χ1v) is 10.9. The normalized spacial score (nSPS) is 14.7. The van der Waals surface area contributed by atoms with Crippen molar-refractivity contribution in [3.8, 4) is 0 Å². The molecular weight excluding hydrogens is 392 g/mol. The predicted octanol–water partition coefficient (Wildman–Crippen LogP) is 2.93. The van der Waals surface area contributed by atoms with Crippen LogP contribution in [0.15, 0.2) is 47.4 Å². The molecule has 1 saturated carbocycles. The first kappa shape index (κ1) is 20.9. The summed E-state index contributed by atoms with van der Waals surface area (Å²) in [5.74, 6) is -1.11. The smallest absolute Gasteiger partial charge is 0.338 e. The molecule has 0 aromatic heterocycles. The molecule has 0 heterocycles. The van der Waals surface area contributed by atoms with Crippen molar-refractivity contribution in [2.45, 2.75) is 50.7 Å². The number of carbonyl (C=O) groups excluding carboxylic acids is 2. The lowest BCUT2D eigenvalue weighted by Crippen LogP contribution is -2.37. The number of rotatable bonds is 7. The van der Waals surface area contributed by atoms with Gasteiger partial charge in [-0.25, -0.2) is 13.2 Å². The number of sulfonamides is 1. The molecule has 7 nitrogen and oxygen atoms in total. The molecule has 0 aliphatic heterocycles. The highest BCUT2D eigenvalue weighted by atomic mass is 32.2. The van der Waals surface area contributed by atoms with Gasteiger partial charge in [-0.05, 0) is 69.0 Å². The molecule has 29 heavy (non-hydrogen) atoms. The van der Waals surface area contributed by atoms with E-state index in [1.54, 1.807) is 25.1 Å². The van der Waals surface area contributed by atoms with Gasteiger partial charge in [-0.15, -0.1) is 0 Å². The summed E-state index contributed by atoms with van der Waals surface area (Å²) >= 11 is 0. The number of anilines is 1. The number of nitrogens with one attached hydrogen (secondary N) is 2. The zero-order valence-corrected chi connectivity index (χ0v) is 17.4. The molecule has 1 aliphatic rings. The highest BCUT2D eigenvalue weighted by Crippen LogP contribution is 2.22. The SMILES string of the molecule is Cc1cccc(NS(=O)(=O)c2cc(C(=O)O[C@@H](C)C(=O)NC3CC3)ccc2C)c1. The molecule has 1 amide bonds. The molecule has 2 aromatic carbocycles. The van der Waals surface area contributed by atoms with E-state index < -0.39 is 22.1 Å². The van der Waals surface area contributed by atoms with Crippen molar-refractivity contribution in [2.24, 2.45) is 0 Å². The van der Waals surface area contributed by atoms with Crippen LogP contribution < -0.4 is 10.0 Å². The molecule has 0 unspecified atom stereocenters. The van der Waals surface area contributed by atoms with Crippen molar-refractivity contribution < 1.29 is 22.7 Å². The van der Waals surface area contributed by atoms with Gasteiger partial charge in [-0.2, -0.15) is 0 Å². The van der Waals surface area contributed by atoms with E-state index in [1.807, 2.05) is 13.0 Å². The number of esters is 1. The van der Waals surface area contributed by atoms with Crippen molar-refractivity contribution in [1.82, 2.24) is 5.32 Å².